The third-order valence-electron chi connectivity index (χ3n) is 1.26. The topological polar surface area (TPSA) is 116 Å². The number of nitrogens with one attached hydrogen (secondary N) is 1. The number of carbonyl (C=O) groups is 2. The van der Waals surface area contributed by atoms with Crippen LogP contribution in [0.2, 0.25) is 0 Å². The van der Waals surface area contributed by atoms with E-state index in [4.69, 9.17) is 5.14 Å². The van der Waals surface area contributed by atoms with E-state index in [0.717, 1.165) is 14.0 Å². The molecule has 8 heteroatoms. The Morgan fingerprint density at radius 1 is 1.50 bits per heavy atom. The average molecular weight is 224 g/mol. The monoisotopic (exact) mass is 224 g/mol. The summed E-state index contributed by atoms with van der Waals surface area (Å²) in [4.78, 5) is 21.6. The first-order valence-electron chi connectivity index (χ1n) is 3.61. The van der Waals surface area contributed by atoms with E-state index >= 15 is 0 Å². The molecule has 0 unspecified atom stereocenters. The molecular weight excluding hydrogens is 212 g/mol. The highest BCUT2D eigenvalue weighted by atomic mass is 32.2. The molecule has 1 amide bonds. The highest BCUT2D eigenvalue weighted by Gasteiger charge is 2.24. The Balaban J connectivity index is 4.56. The summed E-state index contributed by atoms with van der Waals surface area (Å²) in [6.45, 7) is 1.15. The molecule has 0 heterocycles. The number of nitrogens with two attached hydrogens (primary N) is 1. The van der Waals surface area contributed by atoms with Crippen molar-refractivity contribution in [2.24, 2.45) is 5.14 Å². The van der Waals surface area contributed by atoms with Gasteiger partial charge < -0.3 is 10.1 Å². The van der Waals surface area contributed by atoms with E-state index in [2.05, 4.69) is 10.1 Å². The normalized spacial score (nSPS) is 13.1. The van der Waals surface area contributed by atoms with Crippen LogP contribution < -0.4 is 10.5 Å². The SMILES string of the molecule is COC(=O)[C@@H](CS(N)(=O)=O)NC(C)=O. The minimum absolute atomic E-state index is 0.538. The van der Waals surface area contributed by atoms with E-state index in [0.29, 0.717) is 0 Å². The van der Waals surface area contributed by atoms with Gasteiger partial charge in [-0.15, -0.1) is 0 Å². The van der Waals surface area contributed by atoms with Gasteiger partial charge in [-0.2, -0.15) is 0 Å². The Morgan fingerprint density at radius 3 is 2.29 bits per heavy atom. The van der Waals surface area contributed by atoms with Gasteiger partial charge in [0.15, 0.2) is 0 Å². The van der Waals surface area contributed by atoms with Gasteiger partial charge in [-0.25, -0.2) is 18.4 Å². The van der Waals surface area contributed by atoms with Crippen molar-refractivity contribution in [3.8, 4) is 0 Å². The van der Waals surface area contributed by atoms with Crippen LogP contribution in [0.1, 0.15) is 6.92 Å². The molecule has 0 radical (unpaired) electrons. The van der Waals surface area contributed by atoms with Crippen LogP contribution in [0.3, 0.4) is 0 Å². The molecule has 0 aromatic carbocycles. The number of carbonyl (C=O) groups excluding carboxylic acids is 2. The van der Waals surface area contributed by atoms with Gasteiger partial charge >= 0.3 is 5.97 Å². The first kappa shape index (κ1) is 12.8. The van der Waals surface area contributed by atoms with Crippen molar-refractivity contribution in [3.63, 3.8) is 0 Å². The molecule has 0 aromatic rings. The molecule has 0 saturated heterocycles. The number of rotatable bonds is 4. The van der Waals surface area contributed by atoms with Gasteiger partial charge in [0.2, 0.25) is 15.9 Å². The summed E-state index contributed by atoms with van der Waals surface area (Å²) in [6.07, 6.45) is 0. The lowest BCUT2D eigenvalue weighted by Gasteiger charge is -2.13. The lowest BCUT2D eigenvalue weighted by Crippen LogP contribution is -2.46. The molecular formula is C6H12N2O5S. The predicted octanol–water partition coefficient (Wildman–Crippen LogP) is -2.05. The Hall–Kier alpha value is -1.15. The van der Waals surface area contributed by atoms with Gasteiger partial charge in [0.25, 0.3) is 0 Å². The standard InChI is InChI=1S/C6H12N2O5S/c1-4(9)8-5(6(10)13-2)3-14(7,11)12/h5H,3H2,1-2H3,(H,8,9)(H2,7,11,12)/t5-/m1/s1. The van der Waals surface area contributed by atoms with E-state index in [9.17, 15) is 18.0 Å². The lowest BCUT2D eigenvalue weighted by molar-refractivity contribution is -0.144. The predicted molar refractivity (Wildman–Crippen MR) is 47.6 cm³/mol. The van der Waals surface area contributed by atoms with Gasteiger partial charge in [-0.1, -0.05) is 0 Å². The Labute approximate surface area is 81.7 Å². The number of esters is 1. The second-order valence-corrected chi connectivity index (χ2v) is 4.26. The Bertz CT molecular complexity index is 323. The lowest BCUT2D eigenvalue weighted by atomic mass is 10.3. The van der Waals surface area contributed by atoms with Crippen molar-refractivity contribution in [1.82, 2.24) is 5.32 Å². The van der Waals surface area contributed by atoms with Crippen molar-refractivity contribution in [2.75, 3.05) is 12.9 Å². The zero-order chi connectivity index (χ0) is 11.4. The van der Waals surface area contributed by atoms with E-state index in [1.165, 1.54) is 0 Å². The highest BCUT2D eigenvalue weighted by Crippen LogP contribution is 1.92. The van der Waals surface area contributed by atoms with Crippen LogP contribution in [0.15, 0.2) is 0 Å². The van der Waals surface area contributed by atoms with E-state index in [1.54, 1.807) is 0 Å². The Kier molecular flexibility index (Phi) is 4.51. The van der Waals surface area contributed by atoms with Gasteiger partial charge in [-0.05, 0) is 0 Å². The van der Waals surface area contributed by atoms with Crippen LogP contribution in [0.5, 0.6) is 0 Å². The molecule has 0 aliphatic carbocycles. The largest absolute Gasteiger partial charge is 0.467 e. The van der Waals surface area contributed by atoms with Gasteiger partial charge in [0.1, 0.15) is 6.04 Å². The summed E-state index contributed by atoms with van der Waals surface area (Å²) in [5.74, 6) is -2.07. The van der Waals surface area contributed by atoms with Crippen LogP contribution >= 0.6 is 0 Å². The molecule has 0 bridgehead atoms. The minimum Gasteiger partial charge on any atom is -0.467 e. The number of amides is 1. The van der Waals surface area contributed by atoms with Gasteiger partial charge in [0.05, 0.1) is 12.9 Å². The molecule has 7 nitrogen and oxygen atoms in total. The molecule has 0 saturated carbocycles. The Morgan fingerprint density at radius 2 is 2.00 bits per heavy atom. The van der Waals surface area contributed by atoms with Crippen LogP contribution in [-0.2, 0) is 24.3 Å². The third-order valence-corrected chi connectivity index (χ3v) is 2.06. The maximum atomic E-state index is 11.0. The maximum Gasteiger partial charge on any atom is 0.329 e. The molecule has 14 heavy (non-hydrogen) atoms. The number of methoxy groups -OCH3 is 1. The molecule has 0 aromatic heterocycles. The van der Waals surface area contributed by atoms with Crippen LogP contribution in [0.4, 0.5) is 0 Å². The summed E-state index contributed by atoms with van der Waals surface area (Å²) in [6, 6.07) is -1.26. The number of sulfonamides is 1. The van der Waals surface area contributed by atoms with Crippen LogP contribution in [0.25, 0.3) is 0 Å². The summed E-state index contributed by atoms with van der Waals surface area (Å²) in [5, 5.41) is 6.83. The fourth-order valence-electron chi connectivity index (χ4n) is 0.789. The number of hydrogen-bond acceptors (Lipinski definition) is 5. The molecule has 0 fully saturated rings. The first-order chi connectivity index (χ1) is 6.26. The van der Waals surface area contributed by atoms with E-state index in [1.807, 2.05) is 0 Å². The van der Waals surface area contributed by atoms with Crippen LogP contribution in [-0.4, -0.2) is 39.2 Å². The summed E-state index contributed by atoms with van der Waals surface area (Å²) < 4.78 is 25.6. The number of hydrogen-bond donors (Lipinski definition) is 2. The fourth-order valence-corrected chi connectivity index (χ4v) is 1.47. The van der Waals surface area contributed by atoms with Crippen molar-refractivity contribution in [3.05, 3.63) is 0 Å². The van der Waals surface area contributed by atoms with Crippen molar-refractivity contribution in [1.29, 1.82) is 0 Å². The molecule has 3 N–H and O–H groups in total. The zero-order valence-corrected chi connectivity index (χ0v) is 8.63. The quantitative estimate of drug-likeness (QED) is 0.533. The molecule has 1 atom stereocenters. The molecule has 0 aliphatic rings. The van der Waals surface area contributed by atoms with E-state index < -0.39 is 33.7 Å². The second-order valence-electron chi connectivity index (χ2n) is 2.61. The highest BCUT2D eigenvalue weighted by molar-refractivity contribution is 7.89. The molecule has 0 rings (SSSR count). The summed E-state index contributed by atoms with van der Waals surface area (Å²) >= 11 is 0. The number of ether oxygens (including phenoxy) is 1. The smallest absolute Gasteiger partial charge is 0.329 e. The average Bonchev–Trinajstić information content (AvgIpc) is 1.98. The van der Waals surface area contributed by atoms with Crippen LogP contribution in [0, 0.1) is 0 Å². The van der Waals surface area contributed by atoms with Gasteiger partial charge in [0, 0.05) is 6.92 Å². The van der Waals surface area contributed by atoms with Gasteiger partial charge in [-0.3, -0.25) is 4.79 Å². The minimum atomic E-state index is -3.84. The molecule has 82 valence electrons. The number of primary sulfonamides is 1. The maximum absolute atomic E-state index is 11.0. The molecule has 0 aliphatic heterocycles. The second kappa shape index (κ2) is 4.91. The van der Waals surface area contributed by atoms with E-state index in [-0.39, 0.29) is 0 Å². The van der Waals surface area contributed by atoms with Crippen molar-refractivity contribution >= 4 is 21.9 Å². The summed E-state index contributed by atoms with van der Waals surface area (Å²) in [5.41, 5.74) is 0. The first-order valence-corrected chi connectivity index (χ1v) is 5.33. The molecule has 0 spiro atoms. The third kappa shape index (κ3) is 5.49. The zero-order valence-electron chi connectivity index (χ0n) is 7.81. The summed E-state index contributed by atoms with van der Waals surface area (Å²) in [7, 11) is -2.76. The van der Waals surface area contributed by atoms with Crippen molar-refractivity contribution in [2.45, 2.75) is 13.0 Å². The fraction of sp³-hybridized carbons (Fsp3) is 0.667. The van der Waals surface area contributed by atoms with Crippen molar-refractivity contribution < 1.29 is 22.7 Å².